The highest BCUT2D eigenvalue weighted by molar-refractivity contribution is 5.94. The molecule has 25 heavy (non-hydrogen) atoms. The van der Waals surface area contributed by atoms with Crippen LogP contribution in [-0.2, 0) is 6.54 Å². The van der Waals surface area contributed by atoms with Gasteiger partial charge in [-0.05, 0) is 43.1 Å². The van der Waals surface area contributed by atoms with Crippen LogP contribution in [0.2, 0.25) is 0 Å². The van der Waals surface area contributed by atoms with Crippen LogP contribution >= 0.6 is 12.4 Å². The van der Waals surface area contributed by atoms with Crippen molar-refractivity contribution in [1.82, 2.24) is 4.90 Å². The Morgan fingerprint density at radius 3 is 2.56 bits per heavy atom. The molecule has 2 N–H and O–H groups in total. The van der Waals surface area contributed by atoms with Crippen LogP contribution in [0, 0.1) is 0 Å². The van der Waals surface area contributed by atoms with E-state index in [1.807, 2.05) is 59.5 Å². The lowest BCUT2D eigenvalue weighted by Gasteiger charge is -2.23. The van der Waals surface area contributed by atoms with E-state index in [2.05, 4.69) is 6.92 Å². The van der Waals surface area contributed by atoms with E-state index in [0.29, 0.717) is 31.8 Å². The van der Waals surface area contributed by atoms with E-state index in [1.54, 1.807) is 0 Å². The standard InChI is InChI=1S/C20H26N2O2.ClH/c1-2-14-24-19-11-6-10-18(15-19)20(23)22(13-7-12-21)16-17-8-4-3-5-9-17;/h3-6,8-11,15H,2,7,12-14,16,21H2,1H3;1H. The third-order valence-electron chi connectivity index (χ3n) is 3.69. The molecule has 0 aliphatic rings. The first-order valence-corrected chi connectivity index (χ1v) is 8.50. The van der Waals surface area contributed by atoms with E-state index in [-0.39, 0.29) is 18.3 Å². The minimum absolute atomic E-state index is 0. The van der Waals surface area contributed by atoms with Gasteiger partial charge in [0.1, 0.15) is 5.75 Å². The number of carbonyl (C=O) groups is 1. The van der Waals surface area contributed by atoms with Gasteiger partial charge in [0, 0.05) is 18.7 Å². The van der Waals surface area contributed by atoms with E-state index in [0.717, 1.165) is 24.2 Å². The number of carbonyl (C=O) groups excluding carboxylic acids is 1. The highest BCUT2D eigenvalue weighted by atomic mass is 35.5. The van der Waals surface area contributed by atoms with Crippen molar-refractivity contribution in [2.45, 2.75) is 26.3 Å². The Kier molecular flexibility index (Phi) is 9.66. The summed E-state index contributed by atoms with van der Waals surface area (Å²) in [6.07, 6.45) is 1.72. The van der Waals surface area contributed by atoms with E-state index >= 15 is 0 Å². The lowest BCUT2D eigenvalue weighted by molar-refractivity contribution is 0.0741. The van der Waals surface area contributed by atoms with Crippen molar-refractivity contribution in [1.29, 1.82) is 0 Å². The predicted molar refractivity (Wildman–Crippen MR) is 104 cm³/mol. The molecule has 136 valence electrons. The van der Waals surface area contributed by atoms with E-state index in [4.69, 9.17) is 10.5 Å². The zero-order valence-corrected chi connectivity index (χ0v) is 15.5. The van der Waals surface area contributed by atoms with Gasteiger partial charge >= 0.3 is 0 Å². The average molecular weight is 363 g/mol. The van der Waals surface area contributed by atoms with Gasteiger partial charge in [0.05, 0.1) is 6.61 Å². The zero-order chi connectivity index (χ0) is 17.2. The van der Waals surface area contributed by atoms with Crippen LogP contribution in [0.3, 0.4) is 0 Å². The molecule has 0 unspecified atom stereocenters. The largest absolute Gasteiger partial charge is 0.494 e. The Morgan fingerprint density at radius 2 is 1.88 bits per heavy atom. The minimum Gasteiger partial charge on any atom is -0.494 e. The van der Waals surface area contributed by atoms with Crippen molar-refractivity contribution in [2.24, 2.45) is 5.73 Å². The van der Waals surface area contributed by atoms with Gasteiger partial charge in [-0.15, -0.1) is 12.4 Å². The molecule has 0 saturated carbocycles. The van der Waals surface area contributed by atoms with Gasteiger partial charge < -0.3 is 15.4 Å². The molecule has 0 heterocycles. The maximum atomic E-state index is 12.9. The SMILES string of the molecule is CCCOc1cccc(C(=O)N(CCCN)Cc2ccccc2)c1.Cl. The average Bonchev–Trinajstić information content (AvgIpc) is 2.64. The van der Waals surface area contributed by atoms with Crippen LogP contribution < -0.4 is 10.5 Å². The number of rotatable bonds is 9. The summed E-state index contributed by atoms with van der Waals surface area (Å²) >= 11 is 0. The van der Waals surface area contributed by atoms with Gasteiger partial charge in [-0.25, -0.2) is 0 Å². The van der Waals surface area contributed by atoms with Crippen LogP contribution in [0.5, 0.6) is 5.75 Å². The van der Waals surface area contributed by atoms with Crippen LogP contribution in [0.25, 0.3) is 0 Å². The summed E-state index contributed by atoms with van der Waals surface area (Å²) < 4.78 is 5.63. The molecule has 0 aliphatic carbocycles. The van der Waals surface area contributed by atoms with E-state index in [9.17, 15) is 4.79 Å². The van der Waals surface area contributed by atoms with Gasteiger partial charge in [0.25, 0.3) is 5.91 Å². The number of hydrogen-bond donors (Lipinski definition) is 1. The van der Waals surface area contributed by atoms with Crippen LogP contribution in [0.15, 0.2) is 54.6 Å². The Hall–Kier alpha value is -2.04. The fraction of sp³-hybridized carbons (Fsp3) is 0.350. The second-order valence-corrected chi connectivity index (χ2v) is 5.73. The Balaban J connectivity index is 0.00000312. The number of nitrogens with two attached hydrogens (primary N) is 1. The van der Waals surface area contributed by atoms with Gasteiger partial charge in [0.2, 0.25) is 0 Å². The number of amides is 1. The van der Waals surface area contributed by atoms with E-state index < -0.39 is 0 Å². The quantitative estimate of drug-likeness (QED) is 0.736. The zero-order valence-electron chi connectivity index (χ0n) is 14.7. The molecule has 2 aromatic carbocycles. The molecule has 0 bridgehead atoms. The molecule has 0 aliphatic heterocycles. The van der Waals surface area contributed by atoms with Crippen molar-refractivity contribution in [3.63, 3.8) is 0 Å². The maximum Gasteiger partial charge on any atom is 0.254 e. The summed E-state index contributed by atoms with van der Waals surface area (Å²) in [5.41, 5.74) is 7.39. The van der Waals surface area contributed by atoms with E-state index in [1.165, 1.54) is 0 Å². The molecule has 5 heteroatoms. The number of halogens is 1. The molecule has 0 aromatic heterocycles. The maximum absolute atomic E-state index is 12.9. The minimum atomic E-state index is 0. The van der Waals surface area contributed by atoms with Crippen LogP contribution in [-0.4, -0.2) is 30.5 Å². The highest BCUT2D eigenvalue weighted by Gasteiger charge is 2.16. The molecule has 0 radical (unpaired) electrons. The molecule has 0 fully saturated rings. The van der Waals surface area contributed by atoms with Crippen LogP contribution in [0.1, 0.15) is 35.7 Å². The fourth-order valence-corrected chi connectivity index (χ4v) is 2.46. The molecular formula is C20H27ClN2O2. The number of nitrogens with zero attached hydrogens (tertiary/aromatic N) is 1. The van der Waals surface area contributed by atoms with Crippen molar-refractivity contribution < 1.29 is 9.53 Å². The van der Waals surface area contributed by atoms with Crippen molar-refractivity contribution in [3.8, 4) is 5.75 Å². The molecular weight excluding hydrogens is 336 g/mol. The molecule has 0 spiro atoms. The lowest BCUT2D eigenvalue weighted by atomic mass is 10.1. The van der Waals surface area contributed by atoms with Gasteiger partial charge in [-0.3, -0.25) is 4.79 Å². The summed E-state index contributed by atoms with van der Waals surface area (Å²) in [5.74, 6) is 0.746. The molecule has 0 atom stereocenters. The van der Waals surface area contributed by atoms with Crippen LogP contribution in [0.4, 0.5) is 0 Å². The third-order valence-corrected chi connectivity index (χ3v) is 3.69. The van der Waals surface area contributed by atoms with Gasteiger partial charge in [-0.2, -0.15) is 0 Å². The fourth-order valence-electron chi connectivity index (χ4n) is 2.46. The summed E-state index contributed by atoms with van der Waals surface area (Å²) in [6.45, 7) is 4.50. The highest BCUT2D eigenvalue weighted by Crippen LogP contribution is 2.17. The summed E-state index contributed by atoms with van der Waals surface area (Å²) in [5, 5.41) is 0. The summed E-state index contributed by atoms with van der Waals surface area (Å²) in [6, 6.07) is 17.4. The van der Waals surface area contributed by atoms with Crippen molar-refractivity contribution in [2.75, 3.05) is 19.7 Å². The molecule has 2 aromatic rings. The first-order chi connectivity index (χ1) is 11.7. The molecule has 4 nitrogen and oxygen atoms in total. The lowest BCUT2D eigenvalue weighted by Crippen LogP contribution is -2.32. The van der Waals surface area contributed by atoms with Gasteiger partial charge in [0.15, 0.2) is 0 Å². The normalized spacial score (nSPS) is 10.0. The molecule has 2 rings (SSSR count). The smallest absolute Gasteiger partial charge is 0.254 e. The summed E-state index contributed by atoms with van der Waals surface area (Å²) in [7, 11) is 0. The summed E-state index contributed by atoms with van der Waals surface area (Å²) in [4.78, 5) is 14.8. The Bertz CT molecular complexity index is 635. The van der Waals surface area contributed by atoms with Crippen molar-refractivity contribution in [3.05, 3.63) is 65.7 Å². The monoisotopic (exact) mass is 362 g/mol. The second-order valence-electron chi connectivity index (χ2n) is 5.73. The van der Waals surface area contributed by atoms with Crippen molar-refractivity contribution >= 4 is 18.3 Å². The first-order valence-electron chi connectivity index (χ1n) is 8.50. The van der Waals surface area contributed by atoms with Gasteiger partial charge in [-0.1, -0.05) is 43.3 Å². The first kappa shape index (κ1) is 21.0. The number of ether oxygens (including phenoxy) is 1. The topological polar surface area (TPSA) is 55.6 Å². The Labute approximate surface area is 156 Å². The Morgan fingerprint density at radius 1 is 1.12 bits per heavy atom. The number of benzene rings is 2. The molecule has 0 saturated heterocycles. The molecule has 1 amide bonds. The number of hydrogen-bond acceptors (Lipinski definition) is 3. The third kappa shape index (κ3) is 6.77. The second kappa shape index (κ2) is 11.5. The predicted octanol–water partition coefficient (Wildman–Crippen LogP) is 3.89.